The quantitative estimate of drug-likeness (QED) is 0.916. The topological polar surface area (TPSA) is 60.3 Å². The summed E-state index contributed by atoms with van der Waals surface area (Å²) < 4.78 is 7.84. The van der Waals surface area contributed by atoms with Gasteiger partial charge in [-0.05, 0) is 47.2 Å². The molecular weight excluding hydrogens is 324 g/mol. The molecule has 0 atom stereocenters. The van der Waals surface area contributed by atoms with Gasteiger partial charge < -0.3 is 14.6 Å². The molecule has 2 heterocycles. The van der Waals surface area contributed by atoms with Gasteiger partial charge in [-0.1, -0.05) is 0 Å². The van der Waals surface area contributed by atoms with E-state index < -0.39 is 0 Å². The number of pyridine rings is 1. The Morgan fingerprint density at radius 3 is 2.75 bits per heavy atom. The van der Waals surface area contributed by atoms with Crippen LogP contribution in [0.1, 0.15) is 25.3 Å². The molecule has 1 aromatic rings. The molecule has 1 aliphatic rings. The SMILES string of the molecule is CC(=O)Nc1c(C)c(Br)cn(CC2CCOCC2)c1=O. The van der Waals surface area contributed by atoms with Crippen LogP contribution in [0.5, 0.6) is 0 Å². The standard InChI is InChI=1S/C14H19BrN2O3/c1-9-12(15)8-17(7-11-3-5-20-6-4-11)14(19)13(9)16-10(2)18/h8,11H,3-7H2,1-2H3,(H,16,18). The second-order valence-electron chi connectivity index (χ2n) is 5.17. The van der Waals surface area contributed by atoms with Crippen molar-refractivity contribution in [3.8, 4) is 0 Å². The number of halogens is 1. The highest BCUT2D eigenvalue weighted by molar-refractivity contribution is 9.10. The summed E-state index contributed by atoms with van der Waals surface area (Å²) in [4.78, 5) is 23.7. The summed E-state index contributed by atoms with van der Waals surface area (Å²) in [7, 11) is 0. The van der Waals surface area contributed by atoms with Gasteiger partial charge in [0.25, 0.3) is 5.56 Å². The highest BCUT2D eigenvalue weighted by atomic mass is 79.9. The van der Waals surface area contributed by atoms with Crippen molar-refractivity contribution >= 4 is 27.5 Å². The van der Waals surface area contributed by atoms with E-state index in [1.807, 2.05) is 6.92 Å². The highest BCUT2D eigenvalue weighted by Gasteiger charge is 2.18. The third-order valence-electron chi connectivity index (χ3n) is 3.57. The predicted octanol–water partition coefficient (Wildman–Crippen LogP) is 2.30. The van der Waals surface area contributed by atoms with Gasteiger partial charge >= 0.3 is 0 Å². The van der Waals surface area contributed by atoms with Gasteiger partial charge in [-0.3, -0.25) is 9.59 Å². The number of carbonyl (C=O) groups is 1. The lowest BCUT2D eigenvalue weighted by molar-refractivity contribution is -0.114. The molecule has 1 N–H and O–H groups in total. The van der Waals surface area contributed by atoms with Gasteiger partial charge in [-0.25, -0.2) is 0 Å². The molecule has 0 radical (unpaired) electrons. The normalized spacial score (nSPS) is 16.1. The Hall–Kier alpha value is -1.14. The van der Waals surface area contributed by atoms with Crippen molar-refractivity contribution in [2.45, 2.75) is 33.2 Å². The summed E-state index contributed by atoms with van der Waals surface area (Å²) >= 11 is 3.45. The number of amides is 1. The number of anilines is 1. The fourth-order valence-corrected chi connectivity index (χ4v) is 2.83. The number of hydrogen-bond acceptors (Lipinski definition) is 3. The molecule has 2 rings (SSSR count). The number of nitrogens with zero attached hydrogens (tertiary/aromatic N) is 1. The first-order valence-corrected chi connectivity index (χ1v) is 7.53. The van der Waals surface area contributed by atoms with Crippen LogP contribution in [0.3, 0.4) is 0 Å². The molecule has 0 saturated carbocycles. The Morgan fingerprint density at radius 1 is 1.50 bits per heavy atom. The summed E-state index contributed by atoms with van der Waals surface area (Å²) in [6.45, 7) is 5.39. The van der Waals surface area contributed by atoms with Crippen molar-refractivity contribution in [2.24, 2.45) is 5.92 Å². The molecule has 1 fully saturated rings. The van der Waals surface area contributed by atoms with E-state index in [1.165, 1.54) is 6.92 Å². The Labute approximate surface area is 126 Å². The van der Waals surface area contributed by atoms with Crippen LogP contribution >= 0.6 is 15.9 Å². The fourth-order valence-electron chi connectivity index (χ4n) is 2.38. The number of carbonyl (C=O) groups excluding carboxylic acids is 1. The lowest BCUT2D eigenvalue weighted by atomic mass is 10.0. The first-order chi connectivity index (χ1) is 9.49. The maximum atomic E-state index is 12.4. The summed E-state index contributed by atoms with van der Waals surface area (Å²) in [5.74, 6) is 0.210. The van der Waals surface area contributed by atoms with E-state index in [0.29, 0.717) is 18.2 Å². The van der Waals surface area contributed by atoms with Gasteiger partial charge in [-0.15, -0.1) is 0 Å². The minimum atomic E-state index is -0.235. The molecule has 1 amide bonds. The van der Waals surface area contributed by atoms with Crippen LogP contribution in [-0.2, 0) is 16.1 Å². The third-order valence-corrected chi connectivity index (χ3v) is 4.37. The number of aromatic nitrogens is 1. The number of hydrogen-bond donors (Lipinski definition) is 1. The molecule has 5 nitrogen and oxygen atoms in total. The predicted molar refractivity (Wildman–Crippen MR) is 81.0 cm³/mol. The molecule has 0 spiro atoms. The lowest BCUT2D eigenvalue weighted by Gasteiger charge is -2.23. The molecule has 110 valence electrons. The smallest absolute Gasteiger partial charge is 0.274 e. The molecule has 1 aromatic heterocycles. The van der Waals surface area contributed by atoms with Crippen LogP contribution in [0.2, 0.25) is 0 Å². The summed E-state index contributed by atoms with van der Waals surface area (Å²) in [5.41, 5.74) is 0.972. The van der Waals surface area contributed by atoms with E-state index >= 15 is 0 Å². The number of ether oxygens (including phenoxy) is 1. The van der Waals surface area contributed by atoms with E-state index in [9.17, 15) is 9.59 Å². The molecule has 0 bridgehead atoms. The molecule has 1 saturated heterocycles. The number of rotatable bonds is 3. The Balaban J connectivity index is 2.30. The van der Waals surface area contributed by atoms with E-state index in [0.717, 1.165) is 36.1 Å². The molecule has 20 heavy (non-hydrogen) atoms. The maximum absolute atomic E-state index is 12.4. The highest BCUT2D eigenvalue weighted by Crippen LogP contribution is 2.22. The zero-order valence-corrected chi connectivity index (χ0v) is 13.3. The average molecular weight is 343 g/mol. The van der Waals surface area contributed by atoms with Gasteiger partial charge in [0.15, 0.2) is 0 Å². The van der Waals surface area contributed by atoms with Gasteiger partial charge in [0.2, 0.25) is 5.91 Å². The molecule has 0 aliphatic carbocycles. The minimum absolute atomic E-state index is 0.146. The summed E-state index contributed by atoms with van der Waals surface area (Å²) in [6.07, 6.45) is 3.74. The molecule has 1 aliphatic heterocycles. The molecular formula is C14H19BrN2O3. The monoisotopic (exact) mass is 342 g/mol. The van der Waals surface area contributed by atoms with E-state index in [2.05, 4.69) is 21.2 Å². The van der Waals surface area contributed by atoms with Gasteiger partial charge in [0.1, 0.15) is 5.69 Å². The summed E-state index contributed by atoms with van der Waals surface area (Å²) in [6, 6.07) is 0. The van der Waals surface area contributed by atoms with Crippen molar-refractivity contribution in [2.75, 3.05) is 18.5 Å². The van der Waals surface area contributed by atoms with Crippen molar-refractivity contribution in [1.82, 2.24) is 4.57 Å². The Kier molecular flexibility index (Phi) is 4.99. The van der Waals surface area contributed by atoms with E-state index in [1.54, 1.807) is 10.8 Å². The second-order valence-corrected chi connectivity index (χ2v) is 6.03. The lowest BCUT2D eigenvalue weighted by Crippen LogP contribution is -2.30. The van der Waals surface area contributed by atoms with Crippen LogP contribution < -0.4 is 10.9 Å². The second kappa shape index (κ2) is 6.54. The zero-order chi connectivity index (χ0) is 14.7. The van der Waals surface area contributed by atoms with Gasteiger partial charge in [0, 0.05) is 37.4 Å². The van der Waals surface area contributed by atoms with Crippen molar-refractivity contribution in [3.05, 3.63) is 26.6 Å². The van der Waals surface area contributed by atoms with Crippen LogP contribution in [0.4, 0.5) is 5.69 Å². The van der Waals surface area contributed by atoms with Crippen LogP contribution in [0.15, 0.2) is 15.5 Å². The van der Waals surface area contributed by atoms with Crippen LogP contribution in [-0.4, -0.2) is 23.7 Å². The molecule has 0 unspecified atom stereocenters. The first-order valence-electron chi connectivity index (χ1n) is 6.74. The van der Waals surface area contributed by atoms with E-state index in [4.69, 9.17) is 4.74 Å². The fraction of sp³-hybridized carbons (Fsp3) is 0.571. The molecule has 6 heteroatoms. The Morgan fingerprint density at radius 2 is 2.15 bits per heavy atom. The number of nitrogens with one attached hydrogen (secondary N) is 1. The van der Waals surface area contributed by atoms with Crippen LogP contribution in [0, 0.1) is 12.8 Å². The Bertz CT molecular complexity index is 562. The third kappa shape index (κ3) is 3.49. The molecule has 0 aromatic carbocycles. The van der Waals surface area contributed by atoms with Crippen molar-refractivity contribution in [1.29, 1.82) is 0 Å². The van der Waals surface area contributed by atoms with E-state index in [-0.39, 0.29) is 11.5 Å². The summed E-state index contributed by atoms with van der Waals surface area (Å²) in [5, 5.41) is 2.63. The maximum Gasteiger partial charge on any atom is 0.274 e. The van der Waals surface area contributed by atoms with Crippen molar-refractivity contribution < 1.29 is 9.53 Å². The van der Waals surface area contributed by atoms with Crippen LogP contribution in [0.25, 0.3) is 0 Å². The first kappa shape index (κ1) is 15.3. The largest absolute Gasteiger partial charge is 0.381 e. The average Bonchev–Trinajstić information content (AvgIpc) is 2.42. The van der Waals surface area contributed by atoms with Gasteiger partial charge in [0.05, 0.1) is 0 Å². The minimum Gasteiger partial charge on any atom is -0.381 e. The van der Waals surface area contributed by atoms with Gasteiger partial charge in [-0.2, -0.15) is 0 Å². The van der Waals surface area contributed by atoms with Crippen molar-refractivity contribution in [3.63, 3.8) is 0 Å². The zero-order valence-electron chi connectivity index (χ0n) is 11.7.